The lowest BCUT2D eigenvalue weighted by molar-refractivity contribution is -0.384. The number of ether oxygens (including phenoxy) is 1. The second kappa shape index (κ2) is 8.66. The SMILES string of the molecule is CCOC(=O)C1CCN(C(=O)CSc2nc3ccc([N+](=O)[O-])cc3s2)CC1. The number of thioether (sulfide) groups is 1. The van der Waals surface area contributed by atoms with Gasteiger partial charge in [0.1, 0.15) is 0 Å². The fourth-order valence-corrected chi connectivity index (χ4v) is 4.91. The Kier molecular flexibility index (Phi) is 6.27. The van der Waals surface area contributed by atoms with Gasteiger partial charge in [-0.1, -0.05) is 11.8 Å². The molecule has 27 heavy (non-hydrogen) atoms. The molecule has 8 nitrogen and oxygen atoms in total. The van der Waals surface area contributed by atoms with Gasteiger partial charge >= 0.3 is 5.97 Å². The van der Waals surface area contributed by atoms with Crippen LogP contribution in [0.3, 0.4) is 0 Å². The van der Waals surface area contributed by atoms with Gasteiger partial charge in [0, 0.05) is 25.2 Å². The maximum atomic E-state index is 12.4. The van der Waals surface area contributed by atoms with Crippen LogP contribution in [0.25, 0.3) is 10.2 Å². The summed E-state index contributed by atoms with van der Waals surface area (Å²) in [5.41, 5.74) is 0.721. The number of hydrogen-bond acceptors (Lipinski definition) is 8. The predicted molar refractivity (Wildman–Crippen MR) is 103 cm³/mol. The molecule has 0 saturated carbocycles. The van der Waals surface area contributed by atoms with E-state index in [0.717, 1.165) is 4.70 Å². The molecule has 1 amide bonds. The maximum Gasteiger partial charge on any atom is 0.309 e. The van der Waals surface area contributed by atoms with Crippen LogP contribution in [0.4, 0.5) is 5.69 Å². The predicted octanol–water partition coefficient (Wildman–Crippen LogP) is 3.10. The summed E-state index contributed by atoms with van der Waals surface area (Å²) < 4.78 is 6.48. The van der Waals surface area contributed by atoms with Crippen LogP contribution in [0, 0.1) is 16.0 Å². The third-order valence-electron chi connectivity index (χ3n) is 4.35. The lowest BCUT2D eigenvalue weighted by Gasteiger charge is -2.30. The molecular formula is C17H19N3O5S2. The zero-order chi connectivity index (χ0) is 19.4. The van der Waals surface area contributed by atoms with Gasteiger partial charge in [-0.05, 0) is 25.8 Å². The van der Waals surface area contributed by atoms with Crippen LogP contribution in [0.15, 0.2) is 22.5 Å². The third kappa shape index (κ3) is 4.75. The number of carbonyl (C=O) groups excluding carboxylic acids is 2. The fourth-order valence-electron chi connectivity index (χ4n) is 2.91. The first-order chi connectivity index (χ1) is 13.0. The molecule has 3 rings (SSSR count). The average molecular weight is 409 g/mol. The van der Waals surface area contributed by atoms with Crippen LogP contribution < -0.4 is 0 Å². The number of aromatic nitrogens is 1. The molecular weight excluding hydrogens is 390 g/mol. The molecule has 0 atom stereocenters. The molecule has 144 valence electrons. The van der Waals surface area contributed by atoms with E-state index >= 15 is 0 Å². The molecule has 2 aromatic rings. The highest BCUT2D eigenvalue weighted by molar-refractivity contribution is 8.01. The Balaban J connectivity index is 1.53. The summed E-state index contributed by atoms with van der Waals surface area (Å²) in [6.07, 6.45) is 1.25. The van der Waals surface area contributed by atoms with Crippen molar-refractivity contribution in [1.29, 1.82) is 0 Å². The number of nitro benzene ring substituents is 1. The fraction of sp³-hybridized carbons (Fsp3) is 0.471. The molecule has 2 heterocycles. The van der Waals surface area contributed by atoms with Crippen LogP contribution in [0.1, 0.15) is 19.8 Å². The first kappa shape index (κ1) is 19.6. The smallest absolute Gasteiger partial charge is 0.309 e. The Morgan fingerprint density at radius 2 is 2.15 bits per heavy atom. The molecule has 1 aliphatic rings. The van der Waals surface area contributed by atoms with Crippen molar-refractivity contribution < 1.29 is 19.2 Å². The molecule has 0 radical (unpaired) electrons. The van der Waals surface area contributed by atoms with Gasteiger partial charge in [-0.2, -0.15) is 0 Å². The van der Waals surface area contributed by atoms with E-state index in [2.05, 4.69) is 4.98 Å². The molecule has 1 fully saturated rings. The number of thiazole rings is 1. The number of nitrogens with zero attached hydrogens (tertiary/aromatic N) is 3. The van der Waals surface area contributed by atoms with E-state index in [1.54, 1.807) is 17.9 Å². The number of rotatable bonds is 6. The summed E-state index contributed by atoms with van der Waals surface area (Å²) in [5.74, 6) is -0.0387. The van der Waals surface area contributed by atoms with Crippen LogP contribution in [0.5, 0.6) is 0 Å². The van der Waals surface area contributed by atoms with E-state index in [0.29, 0.717) is 42.4 Å². The quantitative estimate of drug-likeness (QED) is 0.313. The first-order valence-corrected chi connectivity index (χ1v) is 10.4. The number of non-ortho nitro benzene ring substituents is 1. The largest absolute Gasteiger partial charge is 0.466 e. The lowest BCUT2D eigenvalue weighted by atomic mass is 9.97. The molecule has 0 bridgehead atoms. The van der Waals surface area contributed by atoms with Crippen molar-refractivity contribution >= 4 is 50.9 Å². The zero-order valence-electron chi connectivity index (χ0n) is 14.8. The summed E-state index contributed by atoms with van der Waals surface area (Å²) in [5, 5.41) is 10.8. The van der Waals surface area contributed by atoms with Gasteiger partial charge in [-0.25, -0.2) is 4.98 Å². The van der Waals surface area contributed by atoms with Crippen molar-refractivity contribution in [3.8, 4) is 0 Å². The molecule has 0 spiro atoms. The number of nitro groups is 1. The number of amides is 1. The molecule has 1 aliphatic heterocycles. The van der Waals surface area contributed by atoms with Crippen LogP contribution >= 0.6 is 23.1 Å². The summed E-state index contributed by atoms with van der Waals surface area (Å²) in [6.45, 7) is 3.26. The van der Waals surface area contributed by atoms with Crippen LogP contribution in [-0.2, 0) is 14.3 Å². The van der Waals surface area contributed by atoms with Crippen molar-refractivity contribution in [3.05, 3.63) is 28.3 Å². The standard InChI is InChI=1S/C17H19N3O5S2/c1-2-25-16(22)11-5-7-19(8-6-11)15(21)10-26-17-18-13-4-3-12(20(23)24)9-14(13)27-17/h3-4,9,11H,2,5-8,10H2,1H3. The van der Waals surface area contributed by atoms with Crippen LogP contribution in [-0.4, -0.2) is 52.1 Å². The lowest BCUT2D eigenvalue weighted by Crippen LogP contribution is -2.41. The summed E-state index contributed by atoms with van der Waals surface area (Å²) in [7, 11) is 0. The molecule has 1 aromatic heterocycles. The van der Waals surface area contributed by atoms with Crippen molar-refractivity contribution in [2.75, 3.05) is 25.4 Å². The Labute approximate surface area is 164 Å². The minimum atomic E-state index is -0.435. The number of fused-ring (bicyclic) bond motifs is 1. The second-order valence-corrected chi connectivity index (χ2v) is 8.34. The number of piperidine rings is 1. The summed E-state index contributed by atoms with van der Waals surface area (Å²) in [4.78, 5) is 40.8. The van der Waals surface area contributed by atoms with Crippen molar-refractivity contribution in [1.82, 2.24) is 9.88 Å². The highest BCUT2D eigenvalue weighted by Gasteiger charge is 2.28. The van der Waals surface area contributed by atoms with E-state index in [9.17, 15) is 19.7 Å². The van der Waals surface area contributed by atoms with E-state index in [1.165, 1.54) is 35.2 Å². The Morgan fingerprint density at radius 3 is 2.81 bits per heavy atom. The molecule has 10 heteroatoms. The summed E-state index contributed by atoms with van der Waals surface area (Å²) >= 11 is 2.67. The number of benzene rings is 1. The number of hydrogen-bond donors (Lipinski definition) is 0. The van der Waals surface area contributed by atoms with E-state index in [1.807, 2.05) is 0 Å². The van der Waals surface area contributed by atoms with E-state index in [-0.39, 0.29) is 29.2 Å². The van der Waals surface area contributed by atoms with E-state index < -0.39 is 4.92 Å². The van der Waals surface area contributed by atoms with Crippen molar-refractivity contribution in [2.45, 2.75) is 24.1 Å². The topological polar surface area (TPSA) is 103 Å². The van der Waals surface area contributed by atoms with Gasteiger partial charge in [-0.3, -0.25) is 19.7 Å². The second-order valence-electron chi connectivity index (χ2n) is 6.08. The number of esters is 1. The molecule has 1 aromatic carbocycles. The van der Waals surface area contributed by atoms with Crippen LogP contribution in [0.2, 0.25) is 0 Å². The van der Waals surface area contributed by atoms with Gasteiger partial charge in [0.25, 0.3) is 5.69 Å². The Bertz CT molecular complexity index is 861. The minimum Gasteiger partial charge on any atom is -0.466 e. The van der Waals surface area contributed by atoms with Gasteiger partial charge in [0.2, 0.25) is 5.91 Å². The highest BCUT2D eigenvalue weighted by atomic mass is 32.2. The van der Waals surface area contributed by atoms with Gasteiger partial charge in [0.15, 0.2) is 4.34 Å². The van der Waals surface area contributed by atoms with Gasteiger partial charge in [-0.15, -0.1) is 11.3 Å². The van der Waals surface area contributed by atoms with Crippen molar-refractivity contribution in [3.63, 3.8) is 0 Å². The normalized spacial score (nSPS) is 15.1. The maximum absolute atomic E-state index is 12.4. The number of likely N-dealkylation sites (tertiary alicyclic amines) is 1. The first-order valence-electron chi connectivity index (χ1n) is 8.60. The third-order valence-corrected chi connectivity index (χ3v) is 6.50. The van der Waals surface area contributed by atoms with Crippen molar-refractivity contribution in [2.24, 2.45) is 5.92 Å². The molecule has 0 N–H and O–H groups in total. The number of carbonyl (C=O) groups is 2. The summed E-state index contributed by atoms with van der Waals surface area (Å²) in [6, 6.07) is 4.55. The van der Waals surface area contributed by atoms with E-state index in [4.69, 9.17) is 4.74 Å². The molecule has 1 saturated heterocycles. The minimum absolute atomic E-state index is 0.00699. The Hall–Kier alpha value is -2.20. The molecule has 0 unspecified atom stereocenters. The van der Waals surface area contributed by atoms with Gasteiger partial charge in [0.05, 0.1) is 33.4 Å². The molecule has 0 aliphatic carbocycles. The van der Waals surface area contributed by atoms with Gasteiger partial charge < -0.3 is 9.64 Å². The zero-order valence-corrected chi connectivity index (χ0v) is 16.4. The highest BCUT2D eigenvalue weighted by Crippen LogP contribution is 2.32. The Morgan fingerprint density at radius 1 is 1.41 bits per heavy atom. The monoisotopic (exact) mass is 409 g/mol. The average Bonchev–Trinajstić information content (AvgIpc) is 3.08.